The highest BCUT2D eigenvalue weighted by Crippen LogP contribution is 2.55. The van der Waals surface area contributed by atoms with Gasteiger partial charge in [-0.1, -0.05) is 59.1 Å². The van der Waals surface area contributed by atoms with Crippen LogP contribution >= 0.6 is 34.8 Å². The van der Waals surface area contributed by atoms with Crippen LogP contribution in [0.5, 0.6) is 0 Å². The van der Waals surface area contributed by atoms with Crippen molar-refractivity contribution >= 4 is 40.5 Å². The van der Waals surface area contributed by atoms with Gasteiger partial charge < -0.3 is 5.32 Å². The monoisotopic (exact) mass is 417 g/mol. The molecule has 0 radical (unpaired) electrons. The summed E-state index contributed by atoms with van der Waals surface area (Å²) in [5.41, 5.74) is 1.36. The van der Waals surface area contributed by atoms with Gasteiger partial charge in [0.2, 0.25) is 0 Å². The average molecular weight is 419 g/mol. The molecule has 26 heavy (non-hydrogen) atoms. The van der Waals surface area contributed by atoms with Gasteiger partial charge in [0, 0.05) is 11.5 Å². The number of benzene rings is 2. The highest BCUT2D eigenvalue weighted by molar-refractivity contribution is 6.44. The highest BCUT2D eigenvalue weighted by atomic mass is 35.5. The molecule has 4 rings (SSSR count). The molecular formula is C19H13Cl3F3N. The third-order valence-electron chi connectivity index (χ3n) is 5.06. The maximum atomic E-state index is 13.1. The van der Waals surface area contributed by atoms with Crippen molar-refractivity contribution in [3.05, 3.63) is 74.2 Å². The number of allylic oxidation sites excluding steroid dienone is 2. The molecule has 7 heteroatoms. The Morgan fingerprint density at radius 1 is 1.04 bits per heavy atom. The van der Waals surface area contributed by atoms with E-state index in [0.29, 0.717) is 26.3 Å². The lowest BCUT2D eigenvalue weighted by Gasteiger charge is -2.38. The maximum absolute atomic E-state index is 13.1. The molecule has 0 fully saturated rings. The van der Waals surface area contributed by atoms with Crippen molar-refractivity contribution < 1.29 is 13.2 Å². The van der Waals surface area contributed by atoms with Crippen molar-refractivity contribution in [3.8, 4) is 0 Å². The molecule has 0 saturated heterocycles. The summed E-state index contributed by atoms with van der Waals surface area (Å²) in [5, 5.41) is 4.53. The molecule has 0 amide bonds. The Labute approximate surface area is 163 Å². The summed E-state index contributed by atoms with van der Waals surface area (Å²) in [6.45, 7) is 0. The first-order valence-electron chi connectivity index (χ1n) is 8.05. The van der Waals surface area contributed by atoms with E-state index in [0.717, 1.165) is 18.1 Å². The summed E-state index contributed by atoms with van der Waals surface area (Å²) in [6.07, 6.45) is 0.407. The van der Waals surface area contributed by atoms with Gasteiger partial charge in [-0.05, 0) is 36.1 Å². The minimum Gasteiger partial charge on any atom is -0.376 e. The van der Waals surface area contributed by atoms with Gasteiger partial charge in [0.05, 0.1) is 32.4 Å². The van der Waals surface area contributed by atoms with Crippen LogP contribution in [0, 0.1) is 5.92 Å². The first-order chi connectivity index (χ1) is 12.3. The zero-order valence-corrected chi connectivity index (χ0v) is 15.5. The van der Waals surface area contributed by atoms with Gasteiger partial charge >= 0.3 is 6.18 Å². The van der Waals surface area contributed by atoms with E-state index >= 15 is 0 Å². The van der Waals surface area contributed by atoms with E-state index in [1.165, 1.54) is 12.1 Å². The van der Waals surface area contributed by atoms with Gasteiger partial charge in [-0.25, -0.2) is 0 Å². The fraction of sp³-hybridized carbons (Fsp3) is 0.263. The van der Waals surface area contributed by atoms with Crippen LogP contribution in [-0.4, -0.2) is 0 Å². The van der Waals surface area contributed by atoms with E-state index in [2.05, 4.69) is 5.32 Å². The minimum absolute atomic E-state index is 0.0398. The second-order valence-electron chi connectivity index (χ2n) is 6.54. The molecule has 2 aliphatic rings. The lowest BCUT2D eigenvalue weighted by Crippen LogP contribution is -2.29. The number of anilines is 1. The van der Waals surface area contributed by atoms with Gasteiger partial charge in [0.15, 0.2) is 0 Å². The van der Waals surface area contributed by atoms with Crippen molar-refractivity contribution in [2.24, 2.45) is 5.92 Å². The number of fused-ring (bicyclic) bond motifs is 3. The van der Waals surface area contributed by atoms with Crippen molar-refractivity contribution in [1.82, 2.24) is 0 Å². The van der Waals surface area contributed by atoms with Crippen LogP contribution in [0.4, 0.5) is 18.9 Å². The predicted octanol–water partition coefficient (Wildman–Crippen LogP) is 7.49. The molecule has 0 spiro atoms. The van der Waals surface area contributed by atoms with Crippen LogP contribution in [0.3, 0.4) is 0 Å². The molecule has 1 heterocycles. The van der Waals surface area contributed by atoms with Crippen LogP contribution in [0.2, 0.25) is 15.1 Å². The van der Waals surface area contributed by atoms with Crippen LogP contribution < -0.4 is 5.32 Å². The van der Waals surface area contributed by atoms with Gasteiger partial charge in [-0.15, -0.1) is 0 Å². The lowest BCUT2D eigenvalue weighted by molar-refractivity contribution is -0.137. The Morgan fingerprint density at radius 3 is 2.54 bits per heavy atom. The van der Waals surface area contributed by atoms with Gasteiger partial charge in [-0.2, -0.15) is 13.2 Å². The highest BCUT2D eigenvalue weighted by Gasteiger charge is 2.41. The molecule has 3 atom stereocenters. The Hall–Kier alpha value is -1.36. The Balaban J connectivity index is 1.83. The van der Waals surface area contributed by atoms with Crippen molar-refractivity contribution in [1.29, 1.82) is 0 Å². The summed E-state index contributed by atoms with van der Waals surface area (Å²) in [7, 11) is 0. The molecule has 0 saturated carbocycles. The van der Waals surface area contributed by atoms with Crippen molar-refractivity contribution in [2.75, 3.05) is 5.32 Å². The maximum Gasteiger partial charge on any atom is 0.416 e. The number of halogens is 6. The van der Waals surface area contributed by atoms with E-state index in [9.17, 15) is 13.2 Å². The molecule has 0 unspecified atom stereocenters. The minimum atomic E-state index is -4.38. The Kier molecular flexibility index (Phi) is 4.41. The molecule has 1 aliphatic heterocycles. The molecule has 2 aromatic rings. The summed E-state index contributed by atoms with van der Waals surface area (Å²) < 4.78 is 39.4. The predicted molar refractivity (Wildman–Crippen MR) is 99.3 cm³/mol. The van der Waals surface area contributed by atoms with Crippen LogP contribution in [0.25, 0.3) is 0 Å². The fourth-order valence-electron chi connectivity index (χ4n) is 3.90. The van der Waals surface area contributed by atoms with Crippen LogP contribution in [0.1, 0.15) is 35.1 Å². The normalized spacial score (nSPS) is 24.2. The zero-order valence-electron chi connectivity index (χ0n) is 13.2. The Bertz CT molecular complexity index is 908. The second kappa shape index (κ2) is 6.36. The van der Waals surface area contributed by atoms with Crippen LogP contribution in [-0.2, 0) is 6.18 Å². The first kappa shape index (κ1) is 18.0. The second-order valence-corrected chi connectivity index (χ2v) is 7.73. The summed E-state index contributed by atoms with van der Waals surface area (Å²) in [4.78, 5) is 0. The summed E-state index contributed by atoms with van der Waals surface area (Å²) in [5.74, 6) is -0.00694. The van der Waals surface area contributed by atoms with Gasteiger partial charge in [0.1, 0.15) is 0 Å². The number of alkyl halides is 3. The molecular weight excluding hydrogens is 406 g/mol. The molecule has 1 N–H and O–H groups in total. The largest absolute Gasteiger partial charge is 0.416 e. The number of hydrogen-bond donors (Lipinski definition) is 1. The van der Waals surface area contributed by atoms with E-state index in [1.807, 2.05) is 12.2 Å². The smallest absolute Gasteiger partial charge is 0.376 e. The lowest BCUT2D eigenvalue weighted by atomic mass is 9.77. The van der Waals surface area contributed by atoms with E-state index in [4.69, 9.17) is 34.8 Å². The zero-order chi connectivity index (χ0) is 18.6. The molecule has 136 valence electrons. The molecule has 1 aliphatic carbocycles. The Morgan fingerprint density at radius 2 is 1.81 bits per heavy atom. The van der Waals surface area contributed by atoms with E-state index in [1.54, 1.807) is 12.1 Å². The topological polar surface area (TPSA) is 12.0 Å². The van der Waals surface area contributed by atoms with Crippen LogP contribution in [0.15, 0.2) is 42.5 Å². The SMILES string of the molecule is FC(F)(F)c1cccc([C@H]2Nc3c(Cl)cc(Cl)c(Cl)c3[C@@H]3C=CC[C@H]23)c1. The third kappa shape index (κ3) is 2.88. The summed E-state index contributed by atoms with van der Waals surface area (Å²) >= 11 is 18.9. The van der Waals surface area contributed by atoms with E-state index in [-0.39, 0.29) is 17.9 Å². The van der Waals surface area contributed by atoms with E-state index < -0.39 is 11.7 Å². The standard InChI is InChI=1S/C19H13Cl3F3N/c20-13-8-14(21)18-15(16(13)22)11-5-2-6-12(11)17(26-18)9-3-1-4-10(7-9)19(23,24)25/h1-5,7-8,11-12,17,26H,6H2/t11-,12+,17-/m1/s1. The number of nitrogens with one attached hydrogen (secondary N) is 1. The summed E-state index contributed by atoms with van der Waals surface area (Å²) in [6, 6.07) is 6.67. The molecule has 0 bridgehead atoms. The quantitative estimate of drug-likeness (QED) is 0.373. The first-order valence-corrected chi connectivity index (χ1v) is 9.18. The fourth-order valence-corrected chi connectivity index (χ4v) is 4.71. The molecule has 0 aromatic heterocycles. The van der Waals surface area contributed by atoms with Gasteiger partial charge in [0.25, 0.3) is 0 Å². The average Bonchev–Trinajstić information content (AvgIpc) is 3.07. The number of rotatable bonds is 1. The number of hydrogen-bond acceptors (Lipinski definition) is 1. The van der Waals surface area contributed by atoms with Crippen molar-refractivity contribution in [2.45, 2.75) is 24.6 Å². The molecule has 2 aromatic carbocycles. The molecule has 1 nitrogen and oxygen atoms in total. The van der Waals surface area contributed by atoms with Gasteiger partial charge in [-0.3, -0.25) is 0 Å². The third-order valence-corrected chi connectivity index (χ3v) is 6.16. The van der Waals surface area contributed by atoms with Crippen molar-refractivity contribution in [3.63, 3.8) is 0 Å².